The van der Waals surface area contributed by atoms with Gasteiger partial charge in [0.15, 0.2) is 5.82 Å². The molecular formula is C20H20N6O. The van der Waals surface area contributed by atoms with E-state index in [1.807, 2.05) is 30.5 Å². The highest BCUT2D eigenvalue weighted by Gasteiger charge is 2.25. The second kappa shape index (κ2) is 7.56. The van der Waals surface area contributed by atoms with Crippen molar-refractivity contribution in [2.75, 3.05) is 6.54 Å². The molecule has 1 atom stereocenters. The van der Waals surface area contributed by atoms with E-state index >= 15 is 0 Å². The summed E-state index contributed by atoms with van der Waals surface area (Å²) < 4.78 is 3.34. The molecule has 7 heteroatoms. The first-order valence-electron chi connectivity index (χ1n) is 9.02. The summed E-state index contributed by atoms with van der Waals surface area (Å²) in [6, 6.07) is 13.4. The normalized spacial score (nSPS) is 17.1. The van der Waals surface area contributed by atoms with E-state index in [2.05, 4.69) is 21.1 Å². The molecule has 0 bridgehead atoms. The van der Waals surface area contributed by atoms with Crippen LogP contribution in [0.1, 0.15) is 24.0 Å². The van der Waals surface area contributed by atoms with Crippen LogP contribution in [-0.2, 0) is 13.1 Å². The fraction of sp³-hybridized carbons (Fsp3) is 0.300. The lowest BCUT2D eigenvalue weighted by Gasteiger charge is -2.24. The van der Waals surface area contributed by atoms with E-state index in [0.717, 1.165) is 25.9 Å². The van der Waals surface area contributed by atoms with Gasteiger partial charge >= 0.3 is 0 Å². The first-order valence-corrected chi connectivity index (χ1v) is 9.02. The van der Waals surface area contributed by atoms with Crippen LogP contribution in [0.15, 0.2) is 59.9 Å². The third-order valence-electron chi connectivity index (χ3n) is 4.97. The van der Waals surface area contributed by atoms with Crippen LogP contribution in [0.4, 0.5) is 0 Å². The molecule has 4 rings (SSSR count). The van der Waals surface area contributed by atoms with E-state index in [1.165, 1.54) is 5.56 Å². The smallest absolute Gasteiger partial charge is 0.266 e. The van der Waals surface area contributed by atoms with E-state index in [9.17, 15) is 4.79 Å². The number of rotatable bonds is 5. The summed E-state index contributed by atoms with van der Waals surface area (Å²) in [7, 11) is 0. The number of likely N-dealkylation sites (tertiary alicyclic amines) is 1. The Balaban J connectivity index is 1.50. The lowest BCUT2D eigenvalue weighted by molar-refractivity contribution is 0.216. The number of benzene rings is 1. The Bertz CT molecular complexity index is 1000. The second-order valence-electron chi connectivity index (χ2n) is 6.76. The average Bonchev–Trinajstić information content (AvgIpc) is 3.37. The molecule has 3 aromatic rings. The van der Waals surface area contributed by atoms with Crippen molar-refractivity contribution in [2.45, 2.75) is 32.0 Å². The van der Waals surface area contributed by atoms with Crippen LogP contribution in [0, 0.1) is 11.3 Å². The molecule has 0 N–H and O–H groups in total. The lowest BCUT2D eigenvalue weighted by atomic mass is 10.1. The molecule has 7 nitrogen and oxygen atoms in total. The van der Waals surface area contributed by atoms with Gasteiger partial charge in [0.25, 0.3) is 5.56 Å². The molecule has 1 fully saturated rings. The third kappa shape index (κ3) is 3.81. The maximum Gasteiger partial charge on any atom is 0.266 e. The molecule has 0 radical (unpaired) electrons. The molecule has 0 aliphatic carbocycles. The Labute approximate surface area is 157 Å². The summed E-state index contributed by atoms with van der Waals surface area (Å²) in [5.74, 6) is 0.684. The fourth-order valence-corrected chi connectivity index (χ4v) is 3.53. The Morgan fingerprint density at radius 3 is 2.78 bits per heavy atom. The van der Waals surface area contributed by atoms with Crippen molar-refractivity contribution < 1.29 is 0 Å². The average molecular weight is 360 g/mol. The molecule has 0 spiro atoms. The summed E-state index contributed by atoms with van der Waals surface area (Å²) in [5, 5.41) is 13.4. The van der Waals surface area contributed by atoms with Gasteiger partial charge in [-0.3, -0.25) is 14.3 Å². The van der Waals surface area contributed by atoms with E-state index < -0.39 is 0 Å². The Kier molecular flexibility index (Phi) is 4.81. The molecule has 1 unspecified atom stereocenters. The van der Waals surface area contributed by atoms with Gasteiger partial charge in [-0.15, -0.1) is 0 Å². The van der Waals surface area contributed by atoms with Crippen molar-refractivity contribution in [1.82, 2.24) is 24.2 Å². The highest BCUT2D eigenvalue weighted by atomic mass is 16.1. The second-order valence-corrected chi connectivity index (χ2v) is 6.76. The third-order valence-corrected chi connectivity index (χ3v) is 4.97. The Morgan fingerprint density at radius 2 is 2.04 bits per heavy atom. The van der Waals surface area contributed by atoms with Gasteiger partial charge in [0.05, 0.1) is 18.2 Å². The fourth-order valence-electron chi connectivity index (χ4n) is 3.53. The predicted molar refractivity (Wildman–Crippen MR) is 100 cm³/mol. The van der Waals surface area contributed by atoms with Gasteiger partial charge in [0.1, 0.15) is 6.33 Å². The standard InChI is InChI=1S/C20H20N6O/c21-12-16-3-5-17(6-4-16)13-24-10-1-2-18(24)14-26-20(27)8-7-19(23-26)25-11-9-22-15-25/h3-9,11,15,18H,1-2,10,13-14H2. The van der Waals surface area contributed by atoms with Gasteiger partial charge in [-0.2, -0.15) is 10.4 Å². The first kappa shape index (κ1) is 17.2. The van der Waals surface area contributed by atoms with Crippen molar-refractivity contribution in [2.24, 2.45) is 0 Å². The van der Waals surface area contributed by atoms with Crippen molar-refractivity contribution in [3.05, 3.63) is 76.6 Å². The van der Waals surface area contributed by atoms with Gasteiger partial charge in [0.2, 0.25) is 0 Å². The largest absolute Gasteiger partial charge is 0.294 e. The number of nitriles is 1. The maximum absolute atomic E-state index is 12.3. The molecule has 3 heterocycles. The monoisotopic (exact) mass is 360 g/mol. The maximum atomic E-state index is 12.3. The Hall–Kier alpha value is -3.24. The van der Waals surface area contributed by atoms with Gasteiger partial charge in [-0.05, 0) is 43.1 Å². The topological polar surface area (TPSA) is 79.7 Å². The summed E-state index contributed by atoms with van der Waals surface area (Å²) in [5.41, 5.74) is 1.75. The molecule has 1 aliphatic heterocycles. The van der Waals surface area contributed by atoms with Crippen molar-refractivity contribution in [1.29, 1.82) is 5.26 Å². The number of nitrogens with zero attached hydrogens (tertiary/aromatic N) is 6. The van der Waals surface area contributed by atoms with Gasteiger partial charge in [0, 0.05) is 31.0 Å². The highest BCUT2D eigenvalue weighted by Crippen LogP contribution is 2.21. The number of hydrogen-bond acceptors (Lipinski definition) is 5. The van der Waals surface area contributed by atoms with Gasteiger partial charge in [-0.25, -0.2) is 9.67 Å². The zero-order chi connectivity index (χ0) is 18.6. The van der Waals surface area contributed by atoms with Crippen LogP contribution in [0.5, 0.6) is 0 Å². The summed E-state index contributed by atoms with van der Waals surface area (Å²) in [6.07, 6.45) is 7.32. The zero-order valence-electron chi connectivity index (χ0n) is 14.9. The van der Waals surface area contributed by atoms with Gasteiger partial charge in [-0.1, -0.05) is 12.1 Å². The molecule has 1 aromatic carbocycles. The summed E-state index contributed by atoms with van der Waals surface area (Å²) >= 11 is 0. The van der Waals surface area contributed by atoms with E-state index in [-0.39, 0.29) is 11.6 Å². The predicted octanol–water partition coefficient (Wildman–Crippen LogP) is 1.97. The number of aromatic nitrogens is 4. The van der Waals surface area contributed by atoms with Crippen LogP contribution in [0.25, 0.3) is 5.82 Å². The van der Waals surface area contributed by atoms with Crippen LogP contribution < -0.4 is 5.56 Å². The number of imidazole rings is 1. The molecular weight excluding hydrogens is 340 g/mol. The van der Waals surface area contributed by atoms with Crippen molar-refractivity contribution in [3.8, 4) is 11.9 Å². The van der Waals surface area contributed by atoms with E-state index in [1.54, 1.807) is 33.9 Å². The molecule has 0 amide bonds. The summed E-state index contributed by atoms with van der Waals surface area (Å²) in [4.78, 5) is 18.7. The number of hydrogen-bond donors (Lipinski definition) is 0. The van der Waals surface area contributed by atoms with Crippen molar-refractivity contribution in [3.63, 3.8) is 0 Å². The van der Waals surface area contributed by atoms with Gasteiger partial charge < -0.3 is 0 Å². The lowest BCUT2D eigenvalue weighted by Crippen LogP contribution is -2.36. The minimum Gasteiger partial charge on any atom is -0.294 e. The van der Waals surface area contributed by atoms with Crippen LogP contribution >= 0.6 is 0 Å². The zero-order valence-corrected chi connectivity index (χ0v) is 14.9. The minimum absolute atomic E-state index is 0.0934. The van der Waals surface area contributed by atoms with E-state index in [4.69, 9.17) is 5.26 Å². The molecule has 1 saturated heterocycles. The van der Waals surface area contributed by atoms with Crippen LogP contribution in [-0.4, -0.2) is 36.8 Å². The Morgan fingerprint density at radius 1 is 1.19 bits per heavy atom. The molecule has 136 valence electrons. The van der Waals surface area contributed by atoms with E-state index in [0.29, 0.717) is 17.9 Å². The van der Waals surface area contributed by atoms with Crippen molar-refractivity contribution >= 4 is 0 Å². The minimum atomic E-state index is -0.0934. The summed E-state index contributed by atoms with van der Waals surface area (Å²) in [6.45, 7) is 2.38. The highest BCUT2D eigenvalue weighted by molar-refractivity contribution is 5.31. The molecule has 1 aliphatic rings. The first-order chi connectivity index (χ1) is 13.2. The molecule has 2 aromatic heterocycles. The van der Waals surface area contributed by atoms with Crippen LogP contribution in [0.3, 0.4) is 0 Å². The molecule has 0 saturated carbocycles. The van der Waals surface area contributed by atoms with Crippen LogP contribution in [0.2, 0.25) is 0 Å². The molecule has 27 heavy (non-hydrogen) atoms. The quantitative estimate of drug-likeness (QED) is 0.695. The SMILES string of the molecule is N#Cc1ccc(CN2CCCC2Cn2nc(-n3ccnc3)ccc2=O)cc1.